The molecule has 0 aliphatic heterocycles. The van der Waals surface area contributed by atoms with Crippen molar-refractivity contribution in [2.24, 2.45) is 0 Å². The third-order valence-electron chi connectivity index (χ3n) is 3.96. The lowest BCUT2D eigenvalue weighted by atomic mass is 9.83. The molecule has 1 N–H and O–H groups in total. The Kier molecular flexibility index (Phi) is 5.79. The van der Waals surface area contributed by atoms with E-state index in [4.69, 9.17) is 14.6 Å². The zero-order chi connectivity index (χ0) is 15.2. The maximum atomic E-state index is 10.8. The van der Waals surface area contributed by atoms with Gasteiger partial charge < -0.3 is 14.6 Å². The van der Waals surface area contributed by atoms with E-state index in [1.54, 1.807) is 26.0 Å². The maximum absolute atomic E-state index is 10.8. The number of thioether (sulfide) groups is 1. The number of carboxylic acid groups (broad SMARTS) is 1. The second-order valence-electron chi connectivity index (χ2n) is 5.25. The molecule has 0 amide bonds. The SMILES string of the molecule is COc1ccc([C@@H]2CCCC[C@@H]2SCC(=O)O)cc1OC. The first-order valence-corrected chi connectivity index (χ1v) is 8.26. The van der Waals surface area contributed by atoms with Gasteiger partial charge in [-0.05, 0) is 36.5 Å². The second-order valence-corrected chi connectivity index (χ2v) is 6.48. The van der Waals surface area contributed by atoms with Gasteiger partial charge in [0.05, 0.1) is 20.0 Å². The maximum Gasteiger partial charge on any atom is 0.313 e. The van der Waals surface area contributed by atoms with Crippen molar-refractivity contribution in [3.63, 3.8) is 0 Å². The fourth-order valence-corrected chi connectivity index (χ4v) is 4.15. The summed E-state index contributed by atoms with van der Waals surface area (Å²) in [5.74, 6) is 1.29. The minimum absolute atomic E-state index is 0.175. The van der Waals surface area contributed by atoms with Crippen LogP contribution in [0.4, 0.5) is 0 Å². The van der Waals surface area contributed by atoms with E-state index in [1.165, 1.54) is 18.4 Å². The van der Waals surface area contributed by atoms with Gasteiger partial charge in [0.25, 0.3) is 0 Å². The van der Waals surface area contributed by atoms with E-state index in [-0.39, 0.29) is 5.75 Å². The molecule has 0 saturated heterocycles. The first-order chi connectivity index (χ1) is 10.2. The number of carbonyl (C=O) groups is 1. The number of rotatable bonds is 6. The summed E-state index contributed by atoms with van der Waals surface area (Å²) in [5, 5.41) is 9.26. The highest BCUT2D eigenvalue weighted by Crippen LogP contribution is 2.42. The van der Waals surface area contributed by atoms with E-state index >= 15 is 0 Å². The van der Waals surface area contributed by atoms with Crippen molar-refractivity contribution in [1.29, 1.82) is 0 Å². The van der Waals surface area contributed by atoms with Gasteiger partial charge in [0.2, 0.25) is 0 Å². The van der Waals surface area contributed by atoms with Gasteiger partial charge in [-0.1, -0.05) is 18.9 Å². The zero-order valence-electron chi connectivity index (χ0n) is 12.5. The number of carboxylic acids is 1. The molecule has 1 aliphatic carbocycles. The summed E-state index contributed by atoms with van der Waals surface area (Å²) in [6.07, 6.45) is 4.56. The summed E-state index contributed by atoms with van der Waals surface area (Å²) < 4.78 is 10.7. The minimum Gasteiger partial charge on any atom is -0.493 e. The van der Waals surface area contributed by atoms with Crippen LogP contribution in [0.5, 0.6) is 11.5 Å². The van der Waals surface area contributed by atoms with Crippen LogP contribution in [0.15, 0.2) is 18.2 Å². The molecule has 0 spiro atoms. The molecule has 0 unspecified atom stereocenters. The fourth-order valence-electron chi connectivity index (χ4n) is 2.94. The van der Waals surface area contributed by atoms with Crippen LogP contribution in [0.1, 0.15) is 37.2 Å². The van der Waals surface area contributed by atoms with Gasteiger partial charge in [0.1, 0.15) is 0 Å². The Morgan fingerprint density at radius 2 is 1.95 bits per heavy atom. The molecular weight excluding hydrogens is 288 g/mol. The minimum atomic E-state index is -0.739. The smallest absolute Gasteiger partial charge is 0.313 e. The Labute approximate surface area is 129 Å². The van der Waals surface area contributed by atoms with Crippen LogP contribution in [0.2, 0.25) is 0 Å². The van der Waals surface area contributed by atoms with Gasteiger partial charge in [-0.3, -0.25) is 4.79 Å². The first-order valence-electron chi connectivity index (χ1n) is 7.21. The second kappa shape index (κ2) is 7.59. The molecule has 0 aromatic heterocycles. The van der Waals surface area contributed by atoms with Crippen LogP contribution < -0.4 is 9.47 Å². The lowest BCUT2D eigenvalue weighted by molar-refractivity contribution is -0.133. The molecule has 2 atom stereocenters. The van der Waals surface area contributed by atoms with Gasteiger partial charge in [-0.15, -0.1) is 11.8 Å². The van der Waals surface area contributed by atoms with Crippen LogP contribution in [-0.4, -0.2) is 36.3 Å². The van der Waals surface area contributed by atoms with Crippen LogP contribution >= 0.6 is 11.8 Å². The summed E-state index contributed by atoms with van der Waals surface area (Å²) in [6.45, 7) is 0. The Morgan fingerprint density at radius 3 is 2.62 bits per heavy atom. The molecular formula is C16H22O4S. The van der Waals surface area contributed by atoms with Crippen LogP contribution in [0.3, 0.4) is 0 Å². The molecule has 4 nitrogen and oxygen atoms in total. The Morgan fingerprint density at radius 1 is 1.24 bits per heavy atom. The number of methoxy groups -OCH3 is 2. The third kappa shape index (κ3) is 4.06. The van der Waals surface area contributed by atoms with E-state index < -0.39 is 5.97 Å². The van der Waals surface area contributed by atoms with Crippen LogP contribution in [0.25, 0.3) is 0 Å². The lowest BCUT2D eigenvalue weighted by Crippen LogP contribution is -2.21. The molecule has 1 fully saturated rings. The normalized spacial score (nSPS) is 21.8. The van der Waals surface area contributed by atoms with Crippen LogP contribution in [-0.2, 0) is 4.79 Å². The van der Waals surface area contributed by atoms with Gasteiger partial charge in [-0.2, -0.15) is 0 Å². The van der Waals surface area contributed by atoms with Crippen molar-refractivity contribution in [3.8, 4) is 11.5 Å². The van der Waals surface area contributed by atoms with Gasteiger partial charge in [0.15, 0.2) is 11.5 Å². The number of ether oxygens (including phenoxy) is 2. The topological polar surface area (TPSA) is 55.8 Å². The van der Waals surface area contributed by atoms with Crippen molar-refractivity contribution in [1.82, 2.24) is 0 Å². The molecule has 1 aromatic rings. The molecule has 0 bridgehead atoms. The summed E-state index contributed by atoms with van der Waals surface area (Å²) in [5.41, 5.74) is 1.22. The Bertz CT molecular complexity index is 489. The van der Waals surface area contributed by atoms with E-state index in [0.29, 0.717) is 11.2 Å². The molecule has 1 aliphatic rings. The molecule has 0 heterocycles. The van der Waals surface area contributed by atoms with Crippen molar-refractivity contribution in [2.45, 2.75) is 36.9 Å². The summed E-state index contributed by atoms with van der Waals surface area (Å²) >= 11 is 1.56. The first kappa shape index (κ1) is 16.0. The Hall–Kier alpha value is -1.36. The average Bonchev–Trinajstić information content (AvgIpc) is 2.52. The number of benzene rings is 1. The highest BCUT2D eigenvalue weighted by Gasteiger charge is 2.28. The largest absolute Gasteiger partial charge is 0.493 e. The molecule has 21 heavy (non-hydrogen) atoms. The molecule has 116 valence electrons. The van der Waals surface area contributed by atoms with E-state index in [9.17, 15) is 4.79 Å². The van der Waals surface area contributed by atoms with E-state index in [2.05, 4.69) is 6.07 Å². The molecule has 5 heteroatoms. The van der Waals surface area contributed by atoms with Gasteiger partial charge in [0, 0.05) is 5.25 Å². The summed E-state index contributed by atoms with van der Waals surface area (Å²) in [7, 11) is 3.27. The average molecular weight is 310 g/mol. The van der Waals surface area contributed by atoms with Crippen molar-refractivity contribution < 1.29 is 19.4 Å². The predicted molar refractivity (Wildman–Crippen MR) is 84.6 cm³/mol. The predicted octanol–water partition coefficient (Wildman–Crippen LogP) is 3.55. The highest BCUT2D eigenvalue weighted by molar-refractivity contribution is 8.00. The molecule has 0 radical (unpaired) electrons. The number of hydrogen-bond donors (Lipinski definition) is 1. The van der Waals surface area contributed by atoms with Crippen molar-refractivity contribution in [3.05, 3.63) is 23.8 Å². The monoisotopic (exact) mass is 310 g/mol. The zero-order valence-corrected chi connectivity index (χ0v) is 13.3. The van der Waals surface area contributed by atoms with E-state index in [1.807, 2.05) is 12.1 Å². The standard InChI is InChI=1S/C16H22O4S/c1-19-13-8-7-11(9-14(13)20-2)12-5-3-4-6-15(12)21-10-16(17)18/h7-9,12,15H,3-6,10H2,1-2H3,(H,17,18)/t12-,15-/m0/s1. The highest BCUT2D eigenvalue weighted by atomic mass is 32.2. The summed E-state index contributed by atoms with van der Waals surface area (Å²) in [4.78, 5) is 10.8. The molecule has 1 aromatic carbocycles. The lowest BCUT2D eigenvalue weighted by Gasteiger charge is -2.31. The van der Waals surface area contributed by atoms with Gasteiger partial charge in [-0.25, -0.2) is 0 Å². The van der Waals surface area contributed by atoms with E-state index in [0.717, 1.165) is 24.3 Å². The Balaban J connectivity index is 2.18. The fraction of sp³-hybridized carbons (Fsp3) is 0.562. The number of aliphatic carboxylic acids is 1. The summed E-state index contributed by atoms with van der Waals surface area (Å²) in [6, 6.07) is 6.04. The van der Waals surface area contributed by atoms with Crippen LogP contribution in [0, 0.1) is 0 Å². The van der Waals surface area contributed by atoms with Crippen molar-refractivity contribution >= 4 is 17.7 Å². The van der Waals surface area contributed by atoms with Crippen molar-refractivity contribution in [2.75, 3.05) is 20.0 Å². The molecule has 2 rings (SSSR count). The number of hydrogen-bond acceptors (Lipinski definition) is 4. The van der Waals surface area contributed by atoms with Gasteiger partial charge >= 0.3 is 5.97 Å². The molecule has 1 saturated carbocycles. The third-order valence-corrected chi connectivity index (χ3v) is 5.37. The quantitative estimate of drug-likeness (QED) is 0.871.